The number of esters is 1. The Morgan fingerprint density at radius 2 is 2.17 bits per heavy atom. The predicted molar refractivity (Wildman–Crippen MR) is 97.9 cm³/mol. The van der Waals surface area contributed by atoms with E-state index in [0.717, 1.165) is 24.0 Å². The normalized spacial score (nSPS) is 22.3. The number of hydrogen-bond donors (Lipinski definition) is 0. The van der Waals surface area contributed by atoms with Crippen molar-refractivity contribution in [1.82, 2.24) is 9.80 Å². The minimum absolute atomic E-state index is 0.0823. The maximum atomic E-state index is 13.9. The molecule has 1 fully saturated rings. The van der Waals surface area contributed by atoms with Crippen molar-refractivity contribution in [1.29, 1.82) is 0 Å². The van der Waals surface area contributed by atoms with Gasteiger partial charge in [0.2, 0.25) is 0 Å². The number of nitrogens with zero attached hydrogens (tertiary/aromatic N) is 2. The molecule has 1 saturated heterocycles. The molecule has 1 heterocycles. The standard InChI is InChI=1S/C18H26FN2O2P/c1-4-7-21-16(13-8-14(19)10-15(24)9-13)11-20(5-2)12-17(21)18(22)23-6-3/h4,8-10,16-17H,1,5-7,11-12,24H2,2-3H3/t16-,17-/m0/s1. The fourth-order valence-electron chi connectivity index (χ4n) is 3.23. The molecule has 0 aliphatic carbocycles. The molecule has 0 bridgehead atoms. The lowest BCUT2D eigenvalue weighted by atomic mass is 9.98. The first-order valence-corrected chi connectivity index (χ1v) is 8.89. The van der Waals surface area contributed by atoms with Gasteiger partial charge in [0.15, 0.2) is 0 Å². The molecule has 3 atom stereocenters. The number of hydrogen-bond acceptors (Lipinski definition) is 4. The first kappa shape index (κ1) is 19.0. The molecule has 0 saturated carbocycles. The summed E-state index contributed by atoms with van der Waals surface area (Å²) >= 11 is 0. The molecule has 1 aliphatic heterocycles. The summed E-state index contributed by atoms with van der Waals surface area (Å²) in [5.74, 6) is -0.498. The van der Waals surface area contributed by atoms with Gasteiger partial charge in [-0.05, 0) is 42.5 Å². The average molecular weight is 352 g/mol. The fraction of sp³-hybridized carbons (Fsp3) is 0.500. The molecule has 24 heavy (non-hydrogen) atoms. The summed E-state index contributed by atoms with van der Waals surface area (Å²) in [5, 5.41) is 0.796. The molecule has 1 aromatic rings. The minimum atomic E-state index is -0.377. The Labute approximate surface area is 145 Å². The van der Waals surface area contributed by atoms with Crippen molar-refractivity contribution in [3.05, 3.63) is 42.2 Å². The number of likely N-dealkylation sites (N-methyl/N-ethyl adjacent to an activating group) is 1. The second-order valence-electron chi connectivity index (χ2n) is 5.94. The first-order chi connectivity index (χ1) is 11.5. The highest BCUT2D eigenvalue weighted by Gasteiger charge is 2.39. The topological polar surface area (TPSA) is 32.8 Å². The molecule has 0 aromatic heterocycles. The third-order valence-electron chi connectivity index (χ3n) is 4.34. The smallest absolute Gasteiger partial charge is 0.324 e. The van der Waals surface area contributed by atoms with Crippen molar-refractivity contribution in [3.8, 4) is 0 Å². The van der Waals surface area contributed by atoms with Gasteiger partial charge in [-0.2, -0.15) is 0 Å². The molecule has 0 spiro atoms. The summed E-state index contributed by atoms with van der Waals surface area (Å²) < 4.78 is 19.2. The number of piperazine rings is 1. The molecule has 1 aliphatic rings. The maximum absolute atomic E-state index is 13.9. The lowest BCUT2D eigenvalue weighted by Gasteiger charge is -2.45. The summed E-state index contributed by atoms with van der Waals surface area (Å²) in [7, 11) is 2.54. The Hall–Kier alpha value is -1.29. The molecule has 1 unspecified atom stereocenters. The van der Waals surface area contributed by atoms with Crippen LogP contribution in [0.25, 0.3) is 0 Å². The van der Waals surface area contributed by atoms with Crippen LogP contribution in [0, 0.1) is 5.82 Å². The minimum Gasteiger partial charge on any atom is -0.465 e. The van der Waals surface area contributed by atoms with E-state index in [0.29, 0.717) is 19.7 Å². The molecule has 0 N–H and O–H groups in total. The highest BCUT2D eigenvalue weighted by atomic mass is 31.0. The zero-order valence-electron chi connectivity index (χ0n) is 14.4. The lowest BCUT2D eigenvalue weighted by Crippen LogP contribution is -2.58. The SMILES string of the molecule is C=CCN1[C@H](C(=O)OCC)CN(CC)C[C@H]1c1cc(F)cc(P)c1. The van der Waals surface area contributed by atoms with Crippen molar-refractivity contribution in [2.75, 3.05) is 32.8 Å². The van der Waals surface area contributed by atoms with Crippen LogP contribution in [0.3, 0.4) is 0 Å². The molecule has 132 valence electrons. The van der Waals surface area contributed by atoms with Crippen LogP contribution in [0.1, 0.15) is 25.5 Å². The van der Waals surface area contributed by atoms with E-state index >= 15 is 0 Å². The zero-order chi connectivity index (χ0) is 17.7. The van der Waals surface area contributed by atoms with Crippen LogP contribution in [0.5, 0.6) is 0 Å². The summed E-state index contributed by atoms with van der Waals surface area (Å²) in [6, 6.07) is 4.53. The summed E-state index contributed by atoms with van der Waals surface area (Å²) in [4.78, 5) is 16.7. The van der Waals surface area contributed by atoms with Crippen LogP contribution in [0.4, 0.5) is 4.39 Å². The zero-order valence-corrected chi connectivity index (χ0v) is 15.5. The number of ether oxygens (including phenoxy) is 1. The van der Waals surface area contributed by atoms with Crippen LogP contribution < -0.4 is 5.30 Å². The summed E-state index contributed by atoms with van der Waals surface area (Å²) in [6.07, 6.45) is 1.78. The van der Waals surface area contributed by atoms with Crippen molar-refractivity contribution in [3.63, 3.8) is 0 Å². The van der Waals surface area contributed by atoms with Gasteiger partial charge in [-0.25, -0.2) is 4.39 Å². The Balaban J connectivity index is 2.40. The Bertz CT molecular complexity index is 576. The quantitative estimate of drug-likeness (QED) is 0.446. The number of benzene rings is 1. The monoisotopic (exact) mass is 352 g/mol. The van der Waals surface area contributed by atoms with E-state index in [9.17, 15) is 9.18 Å². The van der Waals surface area contributed by atoms with Gasteiger partial charge in [0.25, 0.3) is 0 Å². The van der Waals surface area contributed by atoms with Gasteiger partial charge in [-0.1, -0.05) is 13.0 Å². The van der Waals surface area contributed by atoms with Crippen LogP contribution in [0.15, 0.2) is 30.9 Å². The van der Waals surface area contributed by atoms with E-state index < -0.39 is 0 Å². The highest BCUT2D eigenvalue weighted by Crippen LogP contribution is 2.29. The van der Waals surface area contributed by atoms with Crippen molar-refractivity contribution in [2.24, 2.45) is 0 Å². The van der Waals surface area contributed by atoms with Gasteiger partial charge in [-0.3, -0.25) is 14.6 Å². The summed E-state index contributed by atoms with van der Waals surface area (Å²) in [6.45, 7) is 10.8. The summed E-state index contributed by atoms with van der Waals surface area (Å²) in [5.41, 5.74) is 0.870. The third kappa shape index (κ3) is 4.41. The number of rotatable bonds is 6. The second-order valence-corrected chi connectivity index (χ2v) is 6.61. The number of carbonyl (C=O) groups excluding carboxylic acids is 1. The molecular weight excluding hydrogens is 326 g/mol. The molecule has 0 radical (unpaired) electrons. The molecule has 4 nitrogen and oxygen atoms in total. The van der Waals surface area contributed by atoms with E-state index in [4.69, 9.17) is 4.74 Å². The van der Waals surface area contributed by atoms with Crippen LogP contribution >= 0.6 is 9.24 Å². The van der Waals surface area contributed by atoms with Crippen LogP contribution in [0.2, 0.25) is 0 Å². The predicted octanol–water partition coefficient (Wildman–Crippen LogP) is 2.12. The number of carbonyl (C=O) groups is 1. The van der Waals surface area contributed by atoms with E-state index in [1.807, 2.05) is 6.07 Å². The van der Waals surface area contributed by atoms with Gasteiger partial charge in [0, 0.05) is 25.7 Å². The van der Waals surface area contributed by atoms with Gasteiger partial charge in [0.1, 0.15) is 11.9 Å². The Morgan fingerprint density at radius 1 is 1.42 bits per heavy atom. The van der Waals surface area contributed by atoms with E-state index in [1.54, 1.807) is 19.1 Å². The van der Waals surface area contributed by atoms with E-state index in [1.165, 1.54) is 6.07 Å². The average Bonchev–Trinajstić information content (AvgIpc) is 2.54. The van der Waals surface area contributed by atoms with Gasteiger partial charge < -0.3 is 4.74 Å². The largest absolute Gasteiger partial charge is 0.465 e. The highest BCUT2D eigenvalue weighted by molar-refractivity contribution is 7.27. The van der Waals surface area contributed by atoms with Gasteiger partial charge >= 0.3 is 5.97 Å². The van der Waals surface area contributed by atoms with Crippen molar-refractivity contribution >= 4 is 20.5 Å². The van der Waals surface area contributed by atoms with Crippen molar-refractivity contribution < 1.29 is 13.9 Å². The third-order valence-corrected chi connectivity index (χ3v) is 4.67. The first-order valence-electron chi connectivity index (χ1n) is 8.31. The van der Waals surface area contributed by atoms with Crippen LogP contribution in [-0.2, 0) is 9.53 Å². The van der Waals surface area contributed by atoms with Gasteiger partial charge in [0.05, 0.1) is 6.61 Å². The Kier molecular flexibility index (Phi) is 6.90. The second kappa shape index (κ2) is 8.70. The Morgan fingerprint density at radius 3 is 2.75 bits per heavy atom. The molecule has 2 rings (SSSR count). The number of halogens is 1. The van der Waals surface area contributed by atoms with E-state index in [-0.39, 0.29) is 23.9 Å². The molecule has 6 heteroatoms. The maximum Gasteiger partial charge on any atom is 0.324 e. The molecule has 1 aromatic carbocycles. The van der Waals surface area contributed by atoms with Crippen molar-refractivity contribution in [2.45, 2.75) is 25.9 Å². The van der Waals surface area contributed by atoms with Gasteiger partial charge in [-0.15, -0.1) is 15.8 Å². The molecular formula is C18H26FN2O2P. The van der Waals surface area contributed by atoms with Crippen LogP contribution in [-0.4, -0.2) is 54.6 Å². The van der Waals surface area contributed by atoms with E-state index in [2.05, 4.69) is 32.5 Å². The fourth-order valence-corrected chi connectivity index (χ4v) is 3.58. The molecule has 0 amide bonds. The lowest BCUT2D eigenvalue weighted by molar-refractivity contribution is -0.153.